The third-order valence-electron chi connectivity index (χ3n) is 6.95. The van der Waals surface area contributed by atoms with E-state index in [-0.39, 0.29) is 51.6 Å². The number of nitrogens with two attached hydrogens (primary N) is 2. The molecule has 16 heteroatoms. The average molecular weight is 659 g/mol. The van der Waals surface area contributed by atoms with Crippen LogP contribution in [-0.4, -0.2) is 84.8 Å². The van der Waals surface area contributed by atoms with E-state index < -0.39 is 53.2 Å². The van der Waals surface area contributed by atoms with Gasteiger partial charge in [-0.25, -0.2) is 9.59 Å². The van der Waals surface area contributed by atoms with Crippen molar-refractivity contribution < 1.29 is 38.3 Å². The standard InChI is InChI=1S/C31H46N8O8/c1-31(2,3)28(44)47-19-20-8-10-21(11-9-20)36-18-22(6-4-15-34-29(32)45)37-27(43)23(7-5-16-35-30(33)46)38-24(40)14-17-39-25(41)12-13-26(39)42/h8-13,22-23,36H,4-7,14-19H2,1-3H3,(H,37,43)(H,38,40)(H3,32,34,45)(H3,33,35,46)/t22-,23-/m0/s1. The Kier molecular flexibility index (Phi) is 15.2. The number of amides is 8. The molecule has 1 aromatic carbocycles. The molecule has 1 aromatic rings. The fourth-order valence-corrected chi connectivity index (χ4v) is 4.33. The molecule has 0 saturated heterocycles. The Morgan fingerprint density at radius 2 is 1.43 bits per heavy atom. The maximum absolute atomic E-state index is 13.5. The second-order valence-corrected chi connectivity index (χ2v) is 12.0. The van der Waals surface area contributed by atoms with Gasteiger partial charge in [-0.05, 0) is 64.2 Å². The summed E-state index contributed by atoms with van der Waals surface area (Å²) in [5.41, 5.74) is 11.2. The molecule has 1 heterocycles. The monoisotopic (exact) mass is 658 g/mol. The summed E-state index contributed by atoms with van der Waals surface area (Å²) in [4.78, 5) is 85.0. The number of anilines is 1. The first kappa shape index (κ1) is 38.0. The van der Waals surface area contributed by atoms with Gasteiger partial charge in [0.2, 0.25) is 11.8 Å². The Morgan fingerprint density at radius 1 is 0.851 bits per heavy atom. The maximum atomic E-state index is 13.5. The van der Waals surface area contributed by atoms with E-state index in [1.807, 2.05) is 24.3 Å². The van der Waals surface area contributed by atoms with Gasteiger partial charge in [0, 0.05) is 56.5 Å². The topological polar surface area (TPSA) is 244 Å². The van der Waals surface area contributed by atoms with E-state index in [9.17, 15) is 33.6 Å². The van der Waals surface area contributed by atoms with Crippen molar-refractivity contribution >= 4 is 47.3 Å². The maximum Gasteiger partial charge on any atom is 0.312 e. The van der Waals surface area contributed by atoms with Crippen LogP contribution in [0.25, 0.3) is 0 Å². The molecule has 0 fully saturated rings. The van der Waals surface area contributed by atoms with Gasteiger partial charge in [0.1, 0.15) is 12.6 Å². The minimum absolute atomic E-state index is 0.130. The average Bonchev–Trinajstić information content (AvgIpc) is 3.32. The van der Waals surface area contributed by atoms with Crippen LogP contribution >= 0.6 is 0 Å². The van der Waals surface area contributed by atoms with Gasteiger partial charge in [0.05, 0.1) is 5.41 Å². The third-order valence-corrected chi connectivity index (χ3v) is 6.95. The zero-order chi connectivity index (χ0) is 35.0. The molecule has 0 unspecified atom stereocenters. The number of carbonyl (C=O) groups is 7. The van der Waals surface area contributed by atoms with Gasteiger partial charge in [-0.1, -0.05) is 12.1 Å². The highest BCUT2D eigenvalue weighted by molar-refractivity contribution is 6.13. The molecule has 0 radical (unpaired) electrons. The molecule has 0 aromatic heterocycles. The number of ether oxygens (including phenoxy) is 1. The predicted octanol–water partition coefficient (Wildman–Crippen LogP) is 0.370. The van der Waals surface area contributed by atoms with E-state index in [1.165, 1.54) is 0 Å². The van der Waals surface area contributed by atoms with Crippen molar-refractivity contribution in [3.05, 3.63) is 42.0 Å². The SMILES string of the molecule is CC(C)(C)C(=O)OCc1ccc(NC[C@H](CCCNC(N)=O)NC(=O)[C@H](CCCNC(N)=O)NC(=O)CCN2C(=O)C=CC2=O)cc1. The van der Waals surface area contributed by atoms with Crippen LogP contribution in [0.2, 0.25) is 0 Å². The summed E-state index contributed by atoms with van der Waals surface area (Å²) >= 11 is 0. The minimum Gasteiger partial charge on any atom is -0.460 e. The van der Waals surface area contributed by atoms with Crippen molar-refractivity contribution in [2.75, 3.05) is 31.5 Å². The number of esters is 1. The van der Waals surface area contributed by atoms with E-state index >= 15 is 0 Å². The van der Waals surface area contributed by atoms with Gasteiger partial charge in [-0.2, -0.15) is 0 Å². The van der Waals surface area contributed by atoms with Crippen molar-refractivity contribution in [1.82, 2.24) is 26.2 Å². The normalized spacial score (nSPS) is 13.8. The number of urea groups is 2. The molecule has 8 amide bonds. The molecule has 0 spiro atoms. The van der Waals surface area contributed by atoms with Gasteiger partial charge in [0.25, 0.3) is 11.8 Å². The molecule has 9 N–H and O–H groups in total. The first-order valence-corrected chi connectivity index (χ1v) is 15.4. The summed E-state index contributed by atoms with van der Waals surface area (Å²) in [6.07, 6.45) is 3.43. The number of primary amides is 2. The van der Waals surface area contributed by atoms with Gasteiger partial charge in [0.15, 0.2) is 0 Å². The predicted molar refractivity (Wildman–Crippen MR) is 172 cm³/mol. The molecule has 0 bridgehead atoms. The van der Waals surface area contributed by atoms with Gasteiger partial charge >= 0.3 is 18.0 Å². The molecule has 2 atom stereocenters. The Balaban J connectivity index is 2.05. The highest BCUT2D eigenvalue weighted by Crippen LogP contribution is 2.17. The van der Waals surface area contributed by atoms with Crippen LogP contribution in [0.3, 0.4) is 0 Å². The quantitative estimate of drug-likeness (QED) is 0.0616. The van der Waals surface area contributed by atoms with Crippen LogP contribution in [-0.2, 0) is 35.3 Å². The summed E-state index contributed by atoms with van der Waals surface area (Å²) in [5.74, 6) is -2.38. The Hall–Kier alpha value is -5.15. The van der Waals surface area contributed by atoms with Crippen molar-refractivity contribution in [2.45, 2.75) is 71.6 Å². The molecule has 1 aliphatic rings. The molecule has 0 aliphatic carbocycles. The van der Waals surface area contributed by atoms with Crippen LogP contribution in [0.4, 0.5) is 15.3 Å². The minimum atomic E-state index is -0.999. The largest absolute Gasteiger partial charge is 0.460 e. The third kappa shape index (κ3) is 14.7. The summed E-state index contributed by atoms with van der Waals surface area (Å²) in [7, 11) is 0. The van der Waals surface area contributed by atoms with E-state index in [1.54, 1.807) is 20.8 Å². The lowest BCUT2D eigenvalue weighted by Gasteiger charge is -2.25. The van der Waals surface area contributed by atoms with E-state index in [2.05, 4.69) is 26.6 Å². The lowest BCUT2D eigenvalue weighted by molar-refractivity contribution is -0.154. The number of nitrogens with zero attached hydrogens (tertiary/aromatic N) is 1. The summed E-state index contributed by atoms with van der Waals surface area (Å²) < 4.78 is 5.36. The van der Waals surface area contributed by atoms with E-state index in [0.29, 0.717) is 19.3 Å². The Labute approximate surface area is 273 Å². The Bertz CT molecular complexity index is 1290. The number of benzene rings is 1. The molecular weight excluding hydrogens is 612 g/mol. The fourth-order valence-electron chi connectivity index (χ4n) is 4.33. The van der Waals surface area contributed by atoms with Gasteiger partial charge in [-0.15, -0.1) is 0 Å². The molecular formula is C31H46N8O8. The van der Waals surface area contributed by atoms with E-state index in [4.69, 9.17) is 16.2 Å². The zero-order valence-corrected chi connectivity index (χ0v) is 27.1. The number of rotatable bonds is 19. The molecule has 47 heavy (non-hydrogen) atoms. The van der Waals surface area contributed by atoms with Crippen LogP contribution < -0.4 is 38.1 Å². The first-order valence-electron chi connectivity index (χ1n) is 15.4. The number of carbonyl (C=O) groups excluding carboxylic acids is 7. The summed E-state index contributed by atoms with van der Waals surface area (Å²) in [5, 5.41) is 13.8. The highest BCUT2D eigenvalue weighted by Gasteiger charge is 2.27. The first-order chi connectivity index (χ1) is 22.1. The van der Waals surface area contributed by atoms with Crippen molar-refractivity contribution in [2.24, 2.45) is 16.9 Å². The van der Waals surface area contributed by atoms with Crippen molar-refractivity contribution in [1.29, 1.82) is 0 Å². The van der Waals surface area contributed by atoms with Crippen LogP contribution in [0.5, 0.6) is 0 Å². The number of nitrogens with one attached hydrogen (secondary N) is 5. The van der Waals surface area contributed by atoms with Crippen molar-refractivity contribution in [3.8, 4) is 0 Å². The summed E-state index contributed by atoms with van der Waals surface area (Å²) in [6.45, 7) is 6.06. The van der Waals surface area contributed by atoms with Gasteiger partial charge in [-0.3, -0.25) is 28.9 Å². The van der Waals surface area contributed by atoms with Crippen LogP contribution in [0.15, 0.2) is 36.4 Å². The lowest BCUT2D eigenvalue weighted by Crippen LogP contribution is -2.51. The van der Waals surface area contributed by atoms with Crippen LogP contribution in [0.1, 0.15) is 58.4 Å². The smallest absolute Gasteiger partial charge is 0.312 e. The van der Waals surface area contributed by atoms with Gasteiger partial charge < -0.3 is 42.8 Å². The molecule has 258 valence electrons. The lowest BCUT2D eigenvalue weighted by atomic mass is 9.97. The highest BCUT2D eigenvalue weighted by atomic mass is 16.5. The molecule has 16 nitrogen and oxygen atoms in total. The van der Waals surface area contributed by atoms with Crippen LogP contribution in [0, 0.1) is 5.41 Å². The number of imide groups is 1. The number of hydrogen-bond donors (Lipinski definition) is 7. The summed E-state index contributed by atoms with van der Waals surface area (Å²) in [6, 6.07) is 4.42. The molecule has 0 saturated carbocycles. The fraction of sp³-hybridized carbons (Fsp3) is 0.516. The van der Waals surface area contributed by atoms with E-state index in [0.717, 1.165) is 28.3 Å². The second-order valence-electron chi connectivity index (χ2n) is 12.0. The molecule has 2 rings (SSSR count). The van der Waals surface area contributed by atoms with Crippen molar-refractivity contribution in [3.63, 3.8) is 0 Å². The zero-order valence-electron chi connectivity index (χ0n) is 27.1. The number of hydrogen-bond acceptors (Lipinski definition) is 9. The Morgan fingerprint density at radius 3 is 1.98 bits per heavy atom. The molecule has 1 aliphatic heterocycles. The second kappa shape index (κ2) is 18.7.